The van der Waals surface area contributed by atoms with Gasteiger partial charge in [-0.1, -0.05) is 84.4 Å². The van der Waals surface area contributed by atoms with Crippen molar-refractivity contribution >= 4 is 21.6 Å². The zero-order chi connectivity index (χ0) is 26.6. The number of hydrogen-bond acceptors (Lipinski definition) is 3. The van der Waals surface area contributed by atoms with Crippen LogP contribution in [0.3, 0.4) is 0 Å². The lowest BCUT2D eigenvalue weighted by atomic mass is 9.97. The summed E-state index contributed by atoms with van der Waals surface area (Å²) >= 11 is 0. The van der Waals surface area contributed by atoms with Gasteiger partial charge in [-0.25, -0.2) is 8.42 Å². The summed E-state index contributed by atoms with van der Waals surface area (Å²) in [5, 5.41) is 3.16. The van der Waals surface area contributed by atoms with E-state index in [1.807, 2.05) is 106 Å². The molecule has 37 heavy (non-hydrogen) atoms. The molecule has 1 N–H and O–H groups in total. The van der Waals surface area contributed by atoms with Crippen molar-refractivity contribution in [2.75, 3.05) is 10.6 Å². The molecule has 0 heterocycles. The first kappa shape index (κ1) is 26.2. The molecule has 0 saturated heterocycles. The Morgan fingerprint density at radius 3 is 2.00 bits per heavy atom. The molecule has 0 aliphatic rings. The van der Waals surface area contributed by atoms with Gasteiger partial charge in [0.15, 0.2) is 0 Å². The first-order chi connectivity index (χ1) is 17.6. The highest BCUT2D eigenvalue weighted by Crippen LogP contribution is 2.27. The molecule has 6 heteroatoms. The molecule has 190 valence electrons. The summed E-state index contributed by atoms with van der Waals surface area (Å²) in [5.41, 5.74) is 6.98. The van der Waals surface area contributed by atoms with Crippen LogP contribution in [0.2, 0.25) is 0 Å². The lowest BCUT2D eigenvalue weighted by Gasteiger charge is -2.25. The van der Waals surface area contributed by atoms with E-state index in [1.165, 1.54) is 10.6 Å². The number of aryl methyl sites for hydroxylation is 3. The number of hydrogen-bond donors (Lipinski definition) is 1. The van der Waals surface area contributed by atoms with Crippen LogP contribution < -0.4 is 9.62 Å². The van der Waals surface area contributed by atoms with E-state index >= 15 is 0 Å². The molecule has 0 aromatic heterocycles. The highest BCUT2D eigenvalue weighted by molar-refractivity contribution is 7.92. The molecule has 0 radical (unpaired) electrons. The van der Waals surface area contributed by atoms with Crippen molar-refractivity contribution in [2.45, 2.75) is 33.4 Å². The fraction of sp³-hybridized carbons (Fsp3) is 0.194. The summed E-state index contributed by atoms with van der Waals surface area (Å²) in [6, 6.07) is 30.6. The minimum atomic E-state index is -3.51. The van der Waals surface area contributed by atoms with Crippen molar-refractivity contribution in [3.63, 3.8) is 0 Å². The Hall–Kier alpha value is -3.90. The van der Waals surface area contributed by atoms with Crippen molar-refractivity contribution < 1.29 is 13.2 Å². The number of amides is 1. The van der Waals surface area contributed by atoms with Crippen LogP contribution in [0, 0.1) is 20.8 Å². The maximum Gasteiger partial charge on any atom is 0.252 e. The third-order valence-electron chi connectivity index (χ3n) is 6.39. The number of carbonyl (C=O) groups excluding carboxylic acids is 1. The van der Waals surface area contributed by atoms with E-state index in [4.69, 9.17) is 0 Å². The van der Waals surface area contributed by atoms with Gasteiger partial charge in [-0.3, -0.25) is 9.10 Å². The average Bonchev–Trinajstić information content (AvgIpc) is 2.88. The largest absolute Gasteiger partial charge is 0.341 e. The second-order valence-electron chi connectivity index (χ2n) is 9.48. The van der Waals surface area contributed by atoms with Crippen LogP contribution in [-0.4, -0.2) is 20.6 Å². The molecule has 0 spiro atoms. The van der Waals surface area contributed by atoms with Crippen LogP contribution in [-0.2, 0) is 16.6 Å². The lowest BCUT2D eigenvalue weighted by Crippen LogP contribution is -2.30. The molecule has 0 aliphatic heterocycles. The third kappa shape index (κ3) is 6.46. The first-order valence-electron chi connectivity index (χ1n) is 12.2. The van der Waals surface area contributed by atoms with Gasteiger partial charge in [-0.2, -0.15) is 0 Å². The van der Waals surface area contributed by atoms with E-state index < -0.39 is 10.0 Å². The van der Waals surface area contributed by atoms with Crippen LogP contribution >= 0.6 is 0 Å². The quantitative estimate of drug-likeness (QED) is 0.310. The van der Waals surface area contributed by atoms with Gasteiger partial charge in [0, 0.05) is 5.56 Å². The van der Waals surface area contributed by atoms with E-state index in [0.717, 1.165) is 33.4 Å². The summed E-state index contributed by atoms with van der Waals surface area (Å²) in [4.78, 5) is 13.2. The number of anilines is 1. The Bertz CT molecular complexity index is 1480. The molecule has 0 saturated carbocycles. The van der Waals surface area contributed by atoms with E-state index in [-0.39, 0.29) is 18.5 Å². The molecule has 1 atom stereocenters. The fourth-order valence-corrected chi connectivity index (χ4v) is 5.21. The van der Waals surface area contributed by atoms with Crippen molar-refractivity contribution in [1.82, 2.24) is 5.32 Å². The van der Waals surface area contributed by atoms with E-state index in [9.17, 15) is 13.2 Å². The highest BCUT2D eigenvalue weighted by Gasteiger charge is 2.21. The van der Waals surface area contributed by atoms with E-state index in [0.29, 0.717) is 11.3 Å². The van der Waals surface area contributed by atoms with Gasteiger partial charge >= 0.3 is 0 Å². The number of nitrogens with zero attached hydrogens (tertiary/aromatic N) is 1. The van der Waals surface area contributed by atoms with Gasteiger partial charge < -0.3 is 5.32 Å². The lowest BCUT2D eigenvalue weighted by molar-refractivity contribution is 0.0943. The van der Waals surface area contributed by atoms with Crippen LogP contribution in [0.4, 0.5) is 5.69 Å². The summed E-state index contributed by atoms with van der Waals surface area (Å²) in [5.74, 6) is -0.199. The molecule has 0 fully saturated rings. The zero-order valence-electron chi connectivity index (χ0n) is 21.6. The molecule has 4 aromatic rings. The predicted molar refractivity (Wildman–Crippen MR) is 150 cm³/mol. The molecule has 0 aliphatic carbocycles. The van der Waals surface area contributed by atoms with E-state index in [2.05, 4.69) is 5.32 Å². The minimum Gasteiger partial charge on any atom is -0.341 e. The molecule has 1 unspecified atom stereocenters. The van der Waals surface area contributed by atoms with E-state index in [1.54, 1.807) is 12.1 Å². The molecule has 4 aromatic carbocycles. The number of sulfonamides is 1. The van der Waals surface area contributed by atoms with Crippen LogP contribution in [0.25, 0.3) is 0 Å². The normalized spacial score (nSPS) is 12.1. The Labute approximate surface area is 219 Å². The molecular formula is C31H32N2O3S. The van der Waals surface area contributed by atoms with Crippen molar-refractivity contribution in [3.05, 3.63) is 136 Å². The monoisotopic (exact) mass is 512 g/mol. The maximum absolute atomic E-state index is 13.2. The second kappa shape index (κ2) is 11.0. The van der Waals surface area contributed by atoms with Crippen LogP contribution in [0.1, 0.15) is 49.8 Å². The molecule has 1 amide bonds. The van der Waals surface area contributed by atoms with Crippen molar-refractivity contribution in [3.8, 4) is 0 Å². The Morgan fingerprint density at radius 2 is 1.38 bits per heavy atom. The molecule has 0 bridgehead atoms. The van der Waals surface area contributed by atoms with Gasteiger partial charge in [0.2, 0.25) is 10.0 Å². The standard InChI is InChI=1S/C31H32N2O3S/c1-22-11-16-27(17-12-22)30(26-8-6-5-7-9-26)32-31(34)28-18-14-25(15-19-28)21-33(37(4,35)36)29-20-23(2)10-13-24(29)3/h5-20,30H,21H2,1-4H3,(H,32,34). The molecule has 4 rings (SSSR count). The summed E-state index contributed by atoms with van der Waals surface area (Å²) < 4.78 is 26.7. The predicted octanol–water partition coefficient (Wildman–Crippen LogP) is 6.10. The number of rotatable bonds is 8. The maximum atomic E-state index is 13.2. The first-order valence-corrected chi connectivity index (χ1v) is 14.0. The Kier molecular flexibility index (Phi) is 7.79. The summed E-state index contributed by atoms with van der Waals surface area (Å²) in [6.07, 6.45) is 1.21. The van der Waals surface area contributed by atoms with Crippen molar-refractivity contribution in [2.24, 2.45) is 0 Å². The average molecular weight is 513 g/mol. The Morgan fingerprint density at radius 1 is 0.784 bits per heavy atom. The number of carbonyl (C=O) groups is 1. The highest BCUT2D eigenvalue weighted by atomic mass is 32.2. The van der Waals surface area contributed by atoms with Crippen LogP contribution in [0.15, 0.2) is 97.1 Å². The van der Waals surface area contributed by atoms with Crippen molar-refractivity contribution in [1.29, 1.82) is 0 Å². The van der Waals surface area contributed by atoms with Gasteiger partial charge in [-0.05, 0) is 66.8 Å². The summed E-state index contributed by atoms with van der Waals surface area (Å²) in [7, 11) is -3.51. The number of benzene rings is 4. The number of nitrogens with one attached hydrogen (secondary N) is 1. The summed E-state index contributed by atoms with van der Waals surface area (Å²) in [6.45, 7) is 6.06. The fourth-order valence-electron chi connectivity index (χ4n) is 4.27. The van der Waals surface area contributed by atoms with Gasteiger partial charge in [0.05, 0.1) is 24.5 Å². The smallest absolute Gasteiger partial charge is 0.252 e. The van der Waals surface area contributed by atoms with Crippen LogP contribution in [0.5, 0.6) is 0 Å². The van der Waals surface area contributed by atoms with Gasteiger partial charge in [-0.15, -0.1) is 0 Å². The topological polar surface area (TPSA) is 66.5 Å². The minimum absolute atomic E-state index is 0.182. The Balaban J connectivity index is 1.56. The SMILES string of the molecule is Cc1ccc(C(NC(=O)c2ccc(CN(c3cc(C)ccc3C)S(C)(=O)=O)cc2)c2ccccc2)cc1. The molecular weight excluding hydrogens is 480 g/mol. The zero-order valence-corrected chi connectivity index (χ0v) is 22.4. The second-order valence-corrected chi connectivity index (χ2v) is 11.4. The van der Waals surface area contributed by atoms with Gasteiger partial charge in [0.25, 0.3) is 5.91 Å². The van der Waals surface area contributed by atoms with Gasteiger partial charge in [0.1, 0.15) is 0 Å². The third-order valence-corrected chi connectivity index (χ3v) is 7.52. The molecule has 5 nitrogen and oxygen atoms in total.